The summed E-state index contributed by atoms with van der Waals surface area (Å²) in [7, 11) is 11.9. The molecule has 0 unspecified atom stereocenters. The van der Waals surface area contributed by atoms with Gasteiger partial charge in [0.1, 0.15) is 23.0 Å². The lowest BCUT2D eigenvalue weighted by Gasteiger charge is -2.17. The van der Waals surface area contributed by atoms with E-state index < -0.39 is 11.8 Å². The summed E-state index contributed by atoms with van der Waals surface area (Å²) in [6.07, 6.45) is 0. The maximum Gasteiger partial charge on any atom is 0.259 e. The average molecular weight is 633 g/mol. The van der Waals surface area contributed by atoms with Crippen molar-refractivity contribution in [3.63, 3.8) is 0 Å². The van der Waals surface area contributed by atoms with Crippen molar-refractivity contribution in [1.29, 1.82) is 0 Å². The van der Waals surface area contributed by atoms with Gasteiger partial charge in [0.2, 0.25) is 0 Å². The van der Waals surface area contributed by atoms with Crippen LogP contribution in [-0.4, -0.2) is 68.7 Å². The van der Waals surface area contributed by atoms with E-state index in [0.29, 0.717) is 57.4 Å². The summed E-state index contributed by atoms with van der Waals surface area (Å²) < 4.78 is 43.4. The number of methoxy groups -OCH3 is 8. The highest BCUT2D eigenvalue weighted by molar-refractivity contribution is 6.08. The number of anilines is 2. The molecule has 46 heavy (non-hydrogen) atoms. The van der Waals surface area contributed by atoms with E-state index in [2.05, 4.69) is 10.6 Å². The van der Waals surface area contributed by atoms with Crippen molar-refractivity contribution in [3.05, 3.63) is 71.8 Å². The van der Waals surface area contributed by atoms with E-state index in [0.717, 1.165) is 11.1 Å². The molecule has 4 aromatic rings. The summed E-state index contributed by atoms with van der Waals surface area (Å²) in [5, 5.41) is 5.75. The highest BCUT2D eigenvalue weighted by Crippen LogP contribution is 2.39. The first-order valence-corrected chi connectivity index (χ1v) is 13.8. The van der Waals surface area contributed by atoms with Gasteiger partial charge in [-0.25, -0.2) is 0 Å². The van der Waals surface area contributed by atoms with E-state index in [1.165, 1.54) is 56.9 Å². The zero-order chi connectivity index (χ0) is 33.4. The Kier molecular flexibility index (Phi) is 10.7. The minimum atomic E-state index is -0.434. The van der Waals surface area contributed by atoms with Gasteiger partial charge in [0.15, 0.2) is 23.0 Å². The van der Waals surface area contributed by atoms with Gasteiger partial charge in [0.05, 0.1) is 79.4 Å². The van der Waals surface area contributed by atoms with E-state index in [9.17, 15) is 9.59 Å². The highest BCUT2D eigenvalue weighted by atomic mass is 16.5. The van der Waals surface area contributed by atoms with Crippen LogP contribution in [0.3, 0.4) is 0 Å². The quantitative estimate of drug-likeness (QED) is 0.183. The van der Waals surface area contributed by atoms with E-state index >= 15 is 0 Å². The summed E-state index contributed by atoms with van der Waals surface area (Å²) in [4.78, 5) is 26.6. The smallest absolute Gasteiger partial charge is 0.259 e. The lowest BCUT2D eigenvalue weighted by Crippen LogP contribution is -2.14. The summed E-state index contributed by atoms with van der Waals surface area (Å²) in [6.45, 7) is 0. The molecule has 0 aliphatic carbocycles. The third kappa shape index (κ3) is 6.80. The second kappa shape index (κ2) is 14.8. The number of hydrogen-bond donors (Lipinski definition) is 2. The Bertz CT molecular complexity index is 1610. The van der Waals surface area contributed by atoms with Crippen LogP contribution in [0.4, 0.5) is 11.4 Å². The van der Waals surface area contributed by atoms with Crippen molar-refractivity contribution in [2.75, 3.05) is 67.5 Å². The molecule has 0 bridgehead atoms. The number of carbonyl (C=O) groups is 2. The molecule has 12 nitrogen and oxygen atoms in total. The Morgan fingerprint density at radius 1 is 0.391 bits per heavy atom. The fourth-order valence-electron chi connectivity index (χ4n) is 4.74. The number of hydrogen-bond acceptors (Lipinski definition) is 10. The van der Waals surface area contributed by atoms with Gasteiger partial charge >= 0.3 is 0 Å². The topological polar surface area (TPSA) is 132 Å². The lowest BCUT2D eigenvalue weighted by atomic mass is 10.0. The third-order valence-electron chi connectivity index (χ3n) is 7.13. The Hall–Kier alpha value is -5.78. The third-order valence-corrected chi connectivity index (χ3v) is 7.13. The maximum atomic E-state index is 13.3. The Balaban J connectivity index is 1.60. The van der Waals surface area contributed by atoms with Crippen LogP contribution in [0.2, 0.25) is 0 Å². The van der Waals surface area contributed by atoms with Gasteiger partial charge in [-0.15, -0.1) is 0 Å². The summed E-state index contributed by atoms with van der Waals surface area (Å²) in [5.41, 5.74) is 2.92. The van der Waals surface area contributed by atoms with Crippen molar-refractivity contribution < 1.29 is 47.5 Å². The number of benzene rings is 4. The van der Waals surface area contributed by atoms with Crippen molar-refractivity contribution >= 4 is 23.2 Å². The van der Waals surface area contributed by atoms with Crippen LogP contribution in [0.25, 0.3) is 11.1 Å². The van der Waals surface area contributed by atoms with Gasteiger partial charge in [-0.2, -0.15) is 0 Å². The van der Waals surface area contributed by atoms with E-state index in [4.69, 9.17) is 37.9 Å². The minimum Gasteiger partial charge on any atom is -0.496 e. The zero-order valence-electron chi connectivity index (χ0n) is 26.9. The molecular weight excluding hydrogens is 596 g/mol. The highest BCUT2D eigenvalue weighted by Gasteiger charge is 2.21. The summed E-state index contributed by atoms with van der Waals surface area (Å²) in [6, 6.07) is 16.9. The van der Waals surface area contributed by atoms with E-state index in [1.54, 1.807) is 48.5 Å². The predicted molar refractivity (Wildman–Crippen MR) is 173 cm³/mol. The second-order valence-corrected chi connectivity index (χ2v) is 9.55. The molecule has 0 spiro atoms. The largest absolute Gasteiger partial charge is 0.496 e. The molecule has 0 saturated heterocycles. The Labute approximate surface area is 267 Å². The van der Waals surface area contributed by atoms with Gasteiger partial charge in [0, 0.05) is 24.3 Å². The van der Waals surface area contributed by atoms with Crippen LogP contribution in [0.5, 0.6) is 46.0 Å². The van der Waals surface area contributed by atoms with Crippen molar-refractivity contribution in [2.45, 2.75) is 0 Å². The first-order valence-electron chi connectivity index (χ1n) is 13.8. The van der Waals surface area contributed by atoms with Crippen LogP contribution >= 0.6 is 0 Å². The first-order chi connectivity index (χ1) is 22.2. The number of nitrogens with one attached hydrogen (secondary N) is 2. The fraction of sp³-hybridized carbons (Fsp3) is 0.235. The number of rotatable bonds is 13. The molecule has 0 aliphatic rings. The van der Waals surface area contributed by atoms with E-state index in [1.807, 2.05) is 12.1 Å². The van der Waals surface area contributed by atoms with Crippen molar-refractivity contribution in [2.24, 2.45) is 0 Å². The second-order valence-electron chi connectivity index (χ2n) is 9.55. The SMILES string of the molecule is COc1cc(-c2ccc(NC(=O)c3cc(OC)c(OC)cc3OC)c(OC)c2)ccc1NC(=O)c1cc(OC)c(OC)cc1OC. The Morgan fingerprint density at radius 3 is 1.00 bits per heavy atom. The molecule has 0 atom stereocenters. The molecular formula is C34H36N2O10. The molecule has 0 radical (unpaired) electrons. The van der Waals surface area contributed by atoms with E-state index in [-0.39, 0.29) is 11.1 Å². The molecule has 2 N–H and O–H groups in total. The van der Waals surface area contributed by atoms with Gasteiger partial charge < -0.3 is 48.5 Å². The van der Waals surface area contributed by atoms with Crippen molar-refractivity contribution in [1.82, 2.24) is 0 Å². The molecule has 0 fully saturated rings. The molecule has 0 saturated carbocycles. The molecule has 0 aromatic heterocycles. The zero-order valence-corrected chi connectivity index (χ0v) is 26.9. The average Bonchev–Trinajstić information content (AvgIpc) is 3.10. The number of ether oxygens (including phenoxy) is 8. The number of carbonyl (C=O) groups excluding carboxylic acids is 2. The van der Waals surface area contributed by atoms with Gasteiger partial charge in [-0.05, 0) is 35.4 Å². The standard InChI is InChI=1S/C34H36N2O10/c1-39-25-17-31(45-7)29(43-5)15-21(25)33(37)35-23-11-9-19(13-27(23)41-3)20-10-12-24(28(14-20)42-4)36-34(38)22-16-30(44-6)32(46-8)18-26(22)40-2/h9-18H,1-8H3,(H,35,37)(H,36,38). The van der Waals surface area contributed by atoms with Crippen LogP contribution in [0, 0.1) is 0 Å². The molecule has 4 aromatic carbocycles. The Morgan fingerprint density at radius 2 is 0.696 bits per heavy atom. The van der Waals surface area contributed by atoms with Crippen LogP contribution in [0.1, 0.15) is 20.7 Å². The summed E-state index contributed by atoms with van der Waals surface area (Å²) >= 11 is 0. The van der Waals surface area contributed by atoms with Gasteiger partial charge in [-0.3, -0.25) is 9.59 Å². The van der Waals surface area contributed by atoms with Crippen LogP contribution < -0.4 is 48.5 Å². The minimum absolute atomic E-state index is 0.249. The first kappa shape index (κ1) is 33.1. The van der Waals surface area contributed by atoms with Crippen LogP contribution in [-0.2, 0) is 0 Å². The fourth-order valence-corrected chi connectivity index (χ4v) is 4.74. The van der Waals surface area contributed by atoms with Crippen molar-refractivity contribution in [3.8, 4) is 57.1 Å². The molecule has 0 heterocycles. The summed E-state index contributed by atoms with van der Waals surface area (Å²) in [5.74, 6) is 2.22. The monoisotopic (exact) mass is 632 g/mol. The lowest BCUT2D eigenvalue weighted by molar-refractivity contribution is 0.101. The van der Waals surface area contributed by atoms with Gasteiger partial charge in [0.25, 0.3) is 11.8 Å². The predicted octanol–water partition coefficient (Wildman–Crippen LogP) is 5.93. The normalized spacial score (nSPS) is 10.3. The molecule has 4 rings (SSSR count). The maximum absolute atomic E-state index is 13.3. The molecule has 0 aliphatic heterocycles. The van der Waals surface area contributed by atoms with Crippen LogP contribution in [0.15, 0.2) is 60.7 Å². The van der Waals surface area contributed by atoms with Gasteiger partial charge in [-0.1, -0.05) is 12.1 Å². The molecule has 12 heteroatoms. The molecule has 2 amide bonds. The molecule has 242 valence electrons. The number of amides is 2.